The van der Waals surface area contributed by atoms with Gasteiger partial charge in [-0.3, -0.25) is 14.6 Å². The predicted molar refractivity (Wildman–Crippen MR) is 64.7 cm³/mol. The average molecular weight is 283 g/mol. The standard InChI is InChI=1S/C11H13N3O6/c1-2-11(9(18)8(17)6(5-15)20-11)14-4-3-7(16)12-10(14)13-19/h1,3-4,6,8-9,15,17-19H,5H2,(H,12,13,16)/t6-,8-,9-,11-/m1/s1. The van der Waals surface area contributed by atoms with Crippen molar-refractivity contribution in [1.82, 2.24) is 9.55 Å². The van der Waals surface area contributed by atoms with E-state index < -0.39 is 36.2 Å². The van der Waals surface area contributed by atoms with Crippen LogP contribution in [0.2, 0.25) is 0 Å². The van der Waals surface area contributed by atoms with E-state index in [2.05, 4.69) is 10.9 Å². The average Bonchev–Trinajstić information content (AvgIpc) is 2.72. The molecule has 108 valence electrons. The van der Waals surface area contributed by atoms with Gasteiger partial charge in [0.25, 0.3) is 5.56 Å². The van der Waals surface area contributed by atoms with Gasteiger partial charge >= 0.3 is 0 Å². The Balaban J connectivity index is 2.59. The third-order valence-electron chi connectivity index (χ3n) is 3.09. The summed E-state index contributed by atoms with van der Waals surface area (Å²) in [5, 5.41) is 38.0. The lowest BCUT2D eigenvalue weighted by Gasteiger charge is -2.30. The fraction of sp³-hybridized carbons (Fsp3) is 0.455. The first-order valence-corrected chi connectivity index (χ1v) is 5.63. The van der Waals surface area contributed by atoms with Crippen LogP contribution in [-0.2, 0) is 10.5 Å². The number of aliphatic hydroxyl groups excluding tert-OH is 3. The number of anilines is 1. The van der Waals surface area contributed by atoms with Crippen LogP contribution >= 0.6 is 0 Å². The molecule has 9 nitrogen and oxygen atoms in total. The minimum atomic E-state index is -1.92. The number of nitrogens with zero attached hydrogens (tertiary/aromatic N) is 2. The van der Waals surface area contributed by atoms with E-state index >= 15 is 0 Å². The second kappa shape index (κ2) is 5.20. The van der Waals surface area contributed by atoms with Crippen molar-refractivity contribution in [2.24, 2.45) is 0 Å². The van der Waals surface area contributed by atoms with Crippen LogP contribution in [-0.4, -0.2) is 55.0 Å². The molecule has 1 aliphatic rings. The normalized spacial score (nSPS) is 32.9. The van der Waals surface area contributed by atoms with E-state index in [0.717, 1.165) is 16.8 Å². The van der Waals surface area contributed by atoms with Crippen molar-refractivity contribution in [3.63, 3.8) is 0 Å². The monoisotopic (exact) mass is 283 g/mol. The lowest BCUT2D eigenvalue weighted by atomic mass is 10.0. The molecule has 1 fully saturated rings. The molecule has 0 spiro atoms. The molecule has 0 saturated carbocycles. The Morgan fingerprint density at radius 2 is 2.30 bits per heavy atom. The molecule has 4 atom stereocenters. The first-order chi connectivity index (χ1) is 9.50. The fourth-order valence-corrected chi connectivity index (χ4v) is 2.09. The molecule has 20 heavy (non-hydrogen) atoms. The highest BCUT2D eigenvalue weighted by Crippen LogP contribution is 2.36. The Labute approximate surface area is 113 Å². The van der Waals surface area contributed by atoms with Gasteiger partial charge in [0, 0.05) is 12.3 Å². The van der Waals surface area contributed by atoms with Gasteiger partial charge in [0.1, 0.15) is 18.3 Å². The van der Waals surface area contributed by atoms with Crippen LogP contribution in [0.1, 0.15) is 0 Å². The SMILES string of the molecule is C#C[C@@]1(n2ccc(=O)nc2NO)O[C@H](CO)[C@@H](O)[C@H]1O. The van der Waals surface area contributed by atoms with Crippen LogP contribution in [0.5, 0.6) is 0 Å². The fourth-order valence-electron chi connectivity index (χ4n) is 2.09. The molecule has 0 aromatic carbocycles. The molecule has 9 heteroatoms. The van der Waals surface area contributed by atoms with Crippen LogP contribution in [0.15, 0.2) is 17.1 Å². The summed E-state index contributed by atoms with van der Waals surface area (Å²) in [5.41, 5.74) is -0.912. The maximum atomic E-state index is 11.2. The molecule has 2 rings (SSSR count). The minimum absolute atomic E-state index is 0.375. The maximum absolute atomic E-state index is 11.2. The maximum Gasteiger partial charge on any atom is 0.274 e. The van der Waals surface area contributed by atoms with E-state index in [1.54, 1.807) is 5.48 Å². The van der Waals surface area contributed by atoms with Gasteiger partial charge in [0.05, 0.1) is 6.61 Å². The molecule has 0 amide bonds. The highest BCUT2D eigenvalue weighted by molar-refractivity contribution is 5.29. The van der Waals surface area contributed by atoms with Crippen molar-refractivity contribution in [2.75, 3.05) is 12.1 Å². The molecule has 1 aromatic rings. The van der Waals surface area contributed by atoms with Crippen molar-refractivity contribution < 1.29 is 25.3 Å². The van der Waals surface area contributed by atoms with Crippen molar-refractivity contribution in [3.05, 3.63) is 22.6 Å². The predicted octanol–water partition coefficient (Wildman–Crippen LogP) is -2.56. The minimum Gasteiger partial charge on any atom is -0.394 e. The van der Waals surface area contributed by atoms with E-state index in [4.69, 9.17) is 21.5 Å². The zero-order valence-electron chi connectivity index (χ0n) is 10.2. The number of aromatic nitrogens is 2. The van der Waals surface area contributed by atoms with Crippen LogP contribution in [0, 0.1) is 12.3 Å². The van der Waals surface area contributed by atoms with E-state index in [9.17, 15) is 15.0 Å². The Hall–Kier alpha value is -1.96. The first kappa shape index (κ1) is 14.4. The van der Waals surface area contributed by atoms with Crippen molar-refractivity contribution >= 4 is 5.95 Å². The summed E-state index contributed by atoms with van der Waals surface area (Å²) in [7, 11) is 0. The summed E-state index contributed by atoms with van der Waals surface area (Å²) in [4.78, 5) is 14.6. The number of hydrogen-bond acceptors (Lipinski definition) is 8. The number of ether oxygens (including phenoxy) is 1. The Bertz CT molecular complexity index is 597. The molecular formula is C11H13N3O6. The largest absolute Gasteiger partial charge is 0.394 e. The van der Waals surface area contributed by atoms with E-state index in [-0.39, 0.29) is 5.95 Å². The van der Waals surface area contributed by atoms with Gasteiger partial charge in [-0.1, -0.05) is 0 Å². The molecule has 0 radical (unpaired) electrons. The lowest BCUT2D eigenvalue weighted by Crippen LogP contribution is -2.45. The van der Waals surface area contributed by atoms with Crippen molar-refractivity contribution in [3.8, 4) is 12.3 Å². The van der Waals surface area contributed by atoms with E-state index in [1.807, 2.05) is 0 Å². The number of terminal acetylenes is 1. The summed E-state index contributed by atoms with van der Waals surface area (Å²) < 4.78 is 6.31. The van der Waals surface area contributed by atoms with Gasteiger partial charge in [0.15, 0.2) is 0 Å². The molecule has 1 aromatic heterocycles. The number of nitrogens with one attached hydrogen (secondary N) is 1. The zero-order chi connectivity index (χ0) is 14.9. The number of rotatable bonds is 3. The highest BCUT2D eigenvalue weighted by Gasteiger charge is 2.55. The van der Waals surface area contributed by atoms with E-state index in [1.165, 1.54) is 0 Å². The van der Waals surface area contributed by atoms with E-state index in [0.29, 0.717) is 0 Å². The Kier molecular flexibility index (Phi) is 3.76. The molecule has 0 aliphatic carbocycles. The van der Waals surface area contributed by atoms with Crippen LogP contribution in [0.3, 0.4) is 0 Å². The first-order valence-electron chi connectivity index (χ1n) is 5.63. The summed E-state index contributed by atoms with van der Waals surface area (Å²) in [6, 6.07) is 1.04. The Morgan fingerprint density at radius 3 is 2.80 bits per heavy atom. The van der Waals surface area contributed by atoms with Gasteiger partial charge in [-0.2, -0.15) is 4.98 Å². The molecule has 1 aliphatic heterocycles. The number of aliphatic hydroxyl groups is 3. The third kappa shape index (κ3) is 1.96. The van der Waals surface area contributed by atoms with Crippen LogP contribution in [0.25, 0.3) is 0 Å². The van der Waals surface area contributed by atoms with Crippen molar-refractivity contribution in [2.45, 2.75) is 24.0 Å². The zero-order valence-corrected chi connectivity index (χ0v) is 10.2. The van der Waals surface area contributed by atoms with Gasteiger partial charge in [0.2, 0.25) is 11.7 Å². The lowest BCUT2D eigenvalue weighted by molar-refractivity contribution is -0.105. The second-order valence-corrected chi connectivity index (χ2v) is 4.19. The summed E-state index contributed by atoms with van der Waals surface area (Å²) in [5.74, 6) is 1.78. The van der Waals surface area contributed by atoms with Gasteiger partial charge < -0.3 is 20.1 Å². The summed E-state index contributed by atoms with van der Waals surface area (Å²) >= 11 is 0. The van der Waals surface area contributed by atoms with Gasteiger partial charge in [-0.25, -0.2) is 5.48 Å². The third-order valence-corrected chi connectivity index (χ3v) is 3.09. The molecule has 5 N–H and O–H groups in total. The second-order valence-electron chi connectivity index (χ2n) is 4.19. The van der Waals surface area contributed by atoms with Gasteiger partial charge in [-0.15, -0.1) is 6.42 Å². The molecule has 0 unspecified atom stereocenters. The molecule has 2 heterocycles. The van der Waals surface area contributed by atoms with Crippen LogP contribution < -0.4 is 11.0 Å². The summed E-state index contributed by atoms with van der Waals surface area (Å²) in [6.07, 6.45) is 2.35. The molecular weight excluding hydrogens is 270 g/mol. The highest BCUT2D eigenvalue weighted by atomic mass is 16.6. The molecule has 1 saturated heterocycles. The van der Waals surface area contributed by atoms with Crippen LogP contribution in [0.4, 0.5) is 5.95 Å². The Morgan fingerprint density at radius 1 is 1.60 bits per heavy atom. The number of hydrogen-bond donors (Lipinski definition) is 5. The topological polar surface area (TPSA) is 137 Å². The summed E-state index contributed by atoms with van der Waals surface area (Å²) in [6.45, 7) is -0.572. The molecule has 0 bridgehead atoms. The van der Waals surface area contributed by atoms with Crippen molar-refractivity contribution in [1.29, 1.82) is 0 Å². The smallest absolute Gasteiger partial charge is 0.274 e. The van der Waals surface area contributed by atoms with Gasteiger partial charge in [-0.05, 0) is 5.92 Å². The quantitative estimate of drug-likeness (QED) is 0.302.